The Kier molecular flexibility index (Phi) is 4.62. The number of aromatic amines is 1. The zero-order chi connectivity index (χ0) is 16.9. The summed E-state index contributed by atoms with van der Waals surface area (Å²) in [6, 6.07) is 13.5. The van der Waals surface area contributed by atoms with Crippen LogP contribution in [0.1, 0.15) is 0 Å². The van der Waals surface area contributed by atoms with Crippen molar-refractivity contribution in [3.05, 3.63) is 58.9 Å². The molecule has 4 N–H and O–H groups in total. The number of phenols is 1. The summed E-state index contributed by atoms with van der Waals surface area (Å²) in [5, 5.41) is 29.6. The second kappa shape index (κ2) is 7.01. The quantitative estimate of drug-likeness (QED) is 0.511. The molecule has 3 aromatic rings. The number of nitrogens with one attached hydrogen (secondary N) is 2. The van der Waals surface area contributed by atoms with E-state index in [1.807, 2.05) is 0 Å². The Balaban J connectivity index is 1.60. The number of nitrogens with zero attached hydrogens (tertiary/aromatic N) is 1. The van der Waals surface area contributed by atoms with Gasteiger partial charge in [0.25, 0.3) is 5.56 Å². The molecule has 0 aliphatic heterocycles. The number of aromatic nitrogens is 2. The summed E-state index contributed by atoms with van der Waals surface area (Å²) in [6.07, 6.45) is -0.772. The van der Waals surface area contributed by atoms with Crippen LogP contribution in [0.15, 0.2) is 53.3 Å². The standard InChI is InChI=1S/C17H17N3O4/c21-12-7-5-11(6-8-12)18-9-13(22)10-24-17-15-4-2-1-3-14(15)16(23)19-20-17/h1-8,13,18,21-22H,9-10H2,(H,19,23). The van der Waals surface area contributed by atoms with Crippen molar-refractivity contribution in [3.8, 4) is 11.6 Å². The van der Waals surface area contributed by atoms with Gasteiger partial charge in [0.15, 0.2) is 0 Å². The number of H-pyrrole nitrogens is 1. The van der Waals surface area contributed by atoms with Crippen LogP contribution in [0.4, 0.5) is 5.69 Å². The largest absolute Gasteiger partial charge is 0.508 e. The Labute approximate surface area is 137 Å². The van der Waals surface area contributed by atoms with Crippen molar-refractivity contribution < 1.29 is 14.9 Å². The summed E-state index contributed by atoms with van der Waals surface area (Å²) in [4.78, 5) is 11.7. The molecule has 0 aliphatic rings. The molecule has 0 radical (unpaired) electrons. The first-order chi connectivity index (χ1) is 11.6. The van der Waals surface area contributed by atoms with Crippen molar-refractivity contribution in [1.82, 2.24) is 10.2 Å². The average molecular weight is 327 g/mol. The zero-order valence-corrected chi connectivity index (χ0v) is 12.8. The van der Waals surface area contributed by atoms with Crippen molar-refractivity contribution in [1.29, 1.82) is 0 Å². The van der Waals surface area contributed by atoms with Crippen molar-refractivity contribution in [2.75, 3.05) is 18.5 Å². The van der Waals surface area contributed by atoms with Gasteiger partial charge in [0, 0.05) is 12.2 Å². The van der Waals surface area contributed by atoms with Gasteiger partial charge in [0.2, 0.25) is 5.88 Å². The molecule has 0 amide bonds. The van der Waals surface area contributed by atoms with E-state index in [-0.39, 0.29) is 30.3 Å². The third-order valence-corrected chi connectivity index (χ3v) is 3.48. The lowest BCUT2D eigenvalue weighted by molar-refractivity contribution is 0.115. The Morgan fingerprint density at radius 1 is 1.12 bits per heavy atom. The maximum Gasteiger partial charge on any atom is 0.272 e. The maximum absolute atomic E-state index is 11.7. The molecule has 0 fully saturated rings. The van der Waals surface area contributed by atoms with Crippen molar-refractivity contribution in [2.45, 2.75) is 6.10 Å². The smallest absolute Gasteiger partial charge is 0.272 e. The van der Waals surface area contributed by atoms with E-state index < -0.39 is 6.10 Å². The molecule has 124 valence electrons. The van der Waals surface area contributed by atoms with Crippen LogP contribution in [-0.2, 0) is 0 Å². The molecule has 7 heteroatoms. The second-order valence-corrected chi connectivity index (χ2v) is 5.30. The Morgan fingerprint density at radius 3 is 2.58 bits per heavy atom. The third kappa shape index (κ3) is 3.64. The van der Waals surface area contributed by atoms with Crippen molar-refractivity contribution >= 4 is 16.5 Å². The van der Waals surface area contributed by atoms with E-state index in [1.54, 1.807) is 48.5 Å². The SMILES string of the molecule is O=c1[nH]nc(OCC(O)CNc2ccc(O)cc2)c2ccccc12. The zero-order valence-electron chi connectivity index (χ0n) is 12.8. The first kappa shape index (κ1) is 15.8. The molecule has 0 saturated heterocycles. The molecule has 1 heterocycles. The fourth-order valence-corrected chi connectivity index (χ4v) is 2.25. The highest BCUT2D eigenvalue weighted by atomic mass is 16.5. The fraction of sp³-hybridized carbons (Fsp3) is 0.176. The van der Waals surface area contributed by atoms with Crippen LogP contribution < -0.4 is 15.6 Å². The molecule has 0 bridgehead atoms. The lowest BCUT2D eigenvalue weighted by Gasteiger charge is -2.14. The van der Waals surface area contributed by atoms with Gasteiger partial charge >= 0.3 is 0 Å². The number of anilines is 1. The normalized spacial score (nSPS) is 12.0. The molecule has 2 aromatic carbocycles. The topological polar surface area (TPSA) is 107 Å². The number of benzene rings is 2. The third-order valence-electron chi connectivity index (χ3n) is 3.48. The summed E-state index contributed by atoms with van der Waals surface area (Å²) < 4.78 is 5.53. The minimum atomic E-state index is -0.772. The minimum absolute atomic E-state index is 0.0219. The fourth-order valence-electron chi connectivity index (χ4n) is 2.25. The number of fused-ring (bicyclic) bond motifs is 1. The Bertz CT molecular complexity index is 877. The molecule has 3 rings (SSSR count). The molecule has 0 saturated carbocycles. The van der Waals surface area contributed by atoms with E-state index >= 15 is 0 Å². The molecule has 24 heavy (non-hydrogen) atoms. The monoisotopic (exact) mass is 327 g/mol. The number of ether oxygens (including phenoxy) is 1. The average Bonchev–Trinajstić information content (AvgIpc) is 2.61. The summed E-state index contributed by atoms with van der Waals surface area (Å²) in [6.45, 7) is 0.292. The Morgan fingerprint density at radius 2 is 1.83 bits per heavy atom. The predicted octanol–water partition coefficient (Wildman–Crippen LogP) is 1.48. The second-order valence-electron chi connectivity index (χ2n) is 5.30. The van der Waals surface area contributed by atoms with E-state index in [0.717, 1.165) is 5.69 Å². The van der Waals surface area contributed by atoms with E-state index in [0.29, 0.717) is 10.8 Å². The summed E-state index contributed by atoms with van der Waals surface area (Å²) >= 11 is 0. The van der Waals surface area contributed by atoms with Crippen LogP contribution in [0.25, 0.3) is 10.8 Å². The van der Waals surface area contributed by atoms with E-state index in [1.165, 1.54) is 0 Å². The lowest BCUT2D eigenvalue weighted by atomic mass is 10.2. The first-order valence-electron chi connectivity index (χ1n) is 7.44. The number of aromatic hydroxyl groups is 1. The highest BCUT2D eigenvalue weighted by molar-refractivity contribution is 5.85. The summed E-state index contributed by atoms with van der Waals surface area (Å²) in [5.74, 6) is 0.453. The number of hydrogen-bond acceptors (Lipinski definition) is 6. The van der Waals surface area contributed by atoms with Crippen LogP contribution >= 0.6 is 0 Å². The van der Waals surface area contributed by atoms with Gasteiger partial charge in [0.1, 0.15) is 18.5 Å². The van der Waals surface area contributed by atoms with E-state index in [4.69, 9.17) is 4.74 Å². The molecule has 7 nitrogen and oxygen atoms in total. The summed E-state index contributed by atoms with van der Waals surface area (Å²) in [7, 11) is 0. The Hall–Kier alpha value is -3.06. The van der Waals surface area contributed by atoms with Gasteiger partial charge in [-0.3, -0.25) is 4.79 Å². The van der Waals surface area contributed by atoms with Gasteiger partial charge in [-0.1, -0.05) is 12.1 Å². The molecule has 0 spiro atoms. The molecule has 0 aliphatic carbocycles. The first-order valence-corrected chi connectivity index (χ1v) is 7.44. The highest BCUT2D eigenvalue weighted by Gasteiger charge is 2.10. The number of aliphatic hydroxyl groups is 1. The van der Waals surface area contributed by atoms with Gasteiger partial charge in [-0.05, 0) is 36.4 Å². The van der Waals surface area contributed by atoms with Crippen LogP contribution in [0.5, 0.6) is 11.6 Å². The van der Waals surface area contributed by atoms with Crippen LogP contribution in [0.2, 0.25) is 0 Å². The van der Waals surface area contributed by atoms with Crippen LogP contribution in [-0.4, -0.2) is 39.7 Å². The minimum Gasteiger partial charge on any atom is -0.508 e. The van der Waals surface area contributed by atoms with Crippen LogP contribution in [0, 0.1) is 0 Å². The molecular weight excluding hydrogens is 310 g/mol. The molecule has 1 unspecified atom stereocenters. The lowest BCUT2D eigenvalue weighted by Crippen LogP contribution is -2.27. The van der Waals surface area contributed by atoms with E-state index in [9.17, 15) is 15.0 Å². The van der Waals surface area contributed by atoms with Gasteiger partial charge in [0.05, 0.1) is 10.8 Å². The maximum atomic E-state index is 11.7. The van der Waals surface area contributed by atoms with Gasteiger partial charge in [-0.2, -0.15) is 0 Å². The van der Waals surface area contributed by atoms with E-state index in [2.05, 4.69) is 15.5 Å². The van der Waals surface area contributed by atoms with Gasteiger partial charge in [-0.15, -0.1) is 5.10 Å². The number of hydrogen-bond donors (Lipinski definition) is 4. The highest BCUT2D eigenvalue weighted by Crippen LogP contribution is 2.19. The van der Waals surface area contributed by atoms with Crippen molar-refractivity contribution in [2.24, 2.45) is 0 Å². The molecule has 1 aromatic heterocycles. The predicted molar refractivity (Wildman–Crippen MR) is 90.5 cm³/mol. The van der Waals surface area contributed by atoms with Crippen LogP contribution in [0.3, 0.4) is 0 Å². The number of rotatable bonds is 6. The molecule has 1 atom stereocenters. The number of phenolic OH excluding ortho intramolecular Hbond substituents is 1. The van der Waals surface area contributed by atoms with Gasteiger partial charge < -0.3 is 20.3 Å². The molecular formula is C17H17N3O4. The van der Waals surface area contributed by atoms with Gasteiger partial charge in [-0.25, -0.2) is 5.10 Å². The summed E-state index contributed by atoms with van der Waals surface area (Å²) in [5.41, 5.74) is 0.493. The van der Waals surface area contributed by atoms with Crippen molar-refractivity contribution in [3.63, 3.8) is 0 Å². The number of aliphatic hydroxyl groups excluding tert-OH is 1.